The summed E-state index contributed by atoms with van der Waals surface area (Å²) in [5.41, 5.74) is -0.142. The van der Waals surface area contributed by atoms with Crippen LogP contribution in [0.1, 0.15) is 6.42 Å². The summed E-state index contributed by atoms with van der Waals surface area (Å²) in [5, 5.41) is 8.53. The van der Waals surface area contributed by atoms with Gasteiger partial charge in [-0.1, -0.05) is 12.1 Å². The van der Waals surface area contributed by atoms with Crippen molar-refractivity contribution >= 4 is 21.7 Å². The fourth-order valence-electron chi connectivity index (χ4n) is 1.32. The van der Waals surface area contributed by atoms with Crippen LogP contribution in [-0.2, 0) is 14.8 Å². The number of carboxylic acid groups (broad SMARTS) is 1. The van der Waals surface area contributed by atoms with Crippen LogP contribution in [0.5, 0.6) is 0 Å². The third kappa shape index (κ3) is 3.70. The Hall–Kier alpha value is -1.63. The Labute approximate surface area is 98.5 Å². The van der Waals surface area contributed by atoms with Crippen molar-refractivity contribution < 1.29 is 22.7 Å². The van der Waals surface area contributed by atoms with Crippen molar-refractivity contribution in [2.75, 3.05) is 17.1 Å². The molecule has 0 unspecified atom stereocenters. The summed E-state index contributed by atoms with van der Waals surface area (Å²) in [7, 11) is -3.71. The smallest absolute Gasteiger partial charge is 0.305 e. The van der Waals surface area contributed by atoms with Crippen LogP contribution in [0, 0.1) is 5.82 Å². The fourth-order valence-corrected chi connectivity index (χ4v) is 2.24. The zero-order chi connectivity index (χ0) is 13.1. The lowest BCUT2D eigenvalue weighted by Crippen LogP contribution is -2.32. The van der Waals surface area contributed by atoms with Crippen LogP contribution >= 0.6 is 0 Å². The minimum absolute atomic E-state index is 0.142. The molecule has 0 saturated heterocycles. The van der Waals surface area contributed by atoms with E-state index in [0.717, 1.165) is 16.6 Å². The van der Waals surface area contributed by atoms with Gasteiger partial charge < -0.3 is 5.11 Å². The zero-order valence-corrected chi connectivity index (χ0v) is 9.95. The molecule has 0 atom stereocenters. The first kappa shape index (κ1) is 13.4. The van der Waals surface area contributed by atoms with Crippen LogP contribution in [0.2, 0.25) is 0 Å². The summed E-state index contributed by atoms with van der Waals surface area (Å²) in [4.78, 5) is 10.4. The third-order valence-electron chi connectivity index (χ3n) is 2.05. The molecule has 0 spiro atoms. The molecule has 0 heterocycles. The van der Waals surface area contributed by atoms with E-state index < -0.39 is 21.8 Å². The Morgan fingerprint density at radius 1 is 1.41 bits per heavy atom. The summed E-state index contributed by atoms with van der Waals surface area (Å²) < 4.78 is 37.1. The first-order valence-corrected chi connectivity index (χ1v) is 6.61. The van der Waals surface area contributed by atoms with Crippen LogP contribution in [0.3, 0.4) is 0 Å². The Kier molecular flexibility index (Phi) is 4.06. The second-order valence-corrected chi connectivity index (χ2v) is 5.34. The van der Waals surface area contributed by atoms with E-state index in [1.807, 2.05) is 0 Å². The highest BCUT2D eigenvalue weighted by Crippen LogP contribution is 2.21. The molecule has 0 bridgehead atoms. The van der Waals surface area contributed by atoms with Crippen LogP contribution in [-0.4, -0.2) is 32.3 Å². The van der Waals surface area contributed by atoms with E-state index in [1.54, 1.807) is 0 Å². The number of nitrogens with zero attached hydrogens (tertiary/aromatic N) is 1. The highest BCUT2D eigenvalue weighted by atomic mass is 32.2. The second-order valence-electron chi connectivity index (χ2n) is 3.43. The number of carboxylic acids is 1. The maximum absolute atomic E-state index is 13.4. The Morgan fingerprint density at radius 2 is 2.00 bits per heavy atom. The molecule has 7 heteroatoms. The number of rotatable bonds is 5. The van der Waals surface area contributed by atoms with E-state index in [0.29, 0.717) is 0 Å². The van der Waals surface area contributed by atoms with Gasteiger partial charge in [-0.2, -0.15) is 0 Å². The highest BCUT2D eigenvalue weighted by Gasteiger charge is 2.20. The van der Waals surface area contributed by atoms with Gasteiger partial charge in [0.05, 0.1) is 18.4 Å². The molecule has 1 N–H and O–H groups in total. The van der Waals surface area contributed by atoms with E-state index in [1.165, 1.54) is 18.2 Å². The fraction of sp³-hybridized carbons (Fsp3) is 0.300. The van der Waals surface area contributed by atoms with Gasteiger partial charge in [-0.25, -0.2) is 12.8 Å². The molecule has 0 amide bonds. The Morgan fingerprint density at radius 3 is 2.47 bits per heavy atom. The van der Waals surface area contributed by atoms with Gasteiger partial charge in [0, 0.05) is 6.54 Å². The Balaban J connectivity index is 3.08. The van der Waals surface area contributed by atoms with Gasteiger partial charge in [-0.05, 0) is 12.1 Å². The summed E-state index contributed by atoms with van der Waals surface area (Å²) in [6.07, 6.45) is 0.517. The number of hydrogen-bond acceptors (Lipinski definition) is 3. The maximum Gasteiger partial charge on any atom is 0.305 e. The lowest BCUT2D eigenvalue weighted by atomic mass is 10.3. The van der Waals surface area contributed by atoms with Gasteiger partial charge in [-0.3, -0.25) is 9.10 Å². The third-order valence-corrected chi connectivity index (χ3v) is 3.23. The van der Waals surface area contributed by atoms with Crippen LogP contribution < -0.4 is 4.31 Å². The van der Waals surface area contributed by atoms with Crippen molar-refractivity contribution in [1.82, 2.24) is 0 Å². The zero-order valence-electron chi connectivity index (χ0n) is 9.13. The predicted octanol–water partition coefficient (Wildman–Crippen LogP) is 1.07. The molecule has 1 rings (SSSR count). The van der Waals surface area contributed by atoms with Gasteiger partial charge in [0.2, 0.25) is 10.0 Å². The van der Waals surface area contributed by atoms with E-state index in [4.69, 9.17) is 5.11 Å². The van der Waals surface area contributed by atoms with Gasteiger partial charge >= 0.3 is 5.97 Å². The summed E-state index contributed by atoms with van der Waals surface area (Å²) in [6, 6.07) is 5.32. The SMILES string of the molecule is CS(=O)(=O)N(CCC(=O)O)c1ccccc1F. The number of carbonyl (C=O) groups is 1. The minimum Gasteiger partial charge on any atom is -0.481 e. The Bertz CT molecular complexity index is 515. The normalized spacial score (nSPS) is 11.2. The monoisotopic (exact) mass is 261 g/mol. The van der Waals surface area contributed by atoms with Gasteiger partial charge in [0.1, 0.15) is 5.82 Å². The average Bonchev–Trinajstić information content (AvgIpc) is 2.18. The van der Waals surface area contributed by atoms with Crippen molar-refractivity contribution in [3.63, 3.8) is 0 Å². The van der Waals surface area contributed by atoms with Crippen molar-refractivity contribution in [3.05, 3.63) is 30.1 Å². The van der Waals surface area contributed by atoms with E-state index in [2.05, 4.69) is 0 Å². The quantitative estimate of drug-likeness (QED) is 0.860. The number of para-hydroxylation sites is 1. The van der Waals surface area contributed by atoms with Crippen LogP contribution in [0.15, 0.2) is 24.3 Å². The van der Waals surface area contributed by atoms with Crippen molar-refractivity contribution in [3.8, 4) is 0 Å². The first-order chi connectivity index (χ1) is 7.82. The summed E-state index contributed by atoms with van der Waals surface area (Å²) >= 11 is 0. The second kappa shape index (κ2) is 5.13. The molecule has 1 aromatic rings. The average molecular weight is 261 g/mol. The van der Waals surface area contributed by atoms with Crippen molar-refractivity contribution in [2.24, 2.45) is 0 Å². The molecule has 17 heavy (non-hydrogen) atoms. The van der Waals surface area contributed by atoms with Crippen LogP contribution in [0.25, 0.3) is 0 Å². The molecule has 94 valence electrons. The van der Waals surface area contributed by atoms with Gasteiger partial charge in [0.25, 0.3) is 0 Å². The molecule has 1 aromatic carbocycles. The lowest BCUT2D eigenvalue weighted by molar-refractivity contribution is -0.136. The molecule has 0 fully saturated rings. The number of sulfonamides is 1. The maximum atomic E-state index is 13.4. The van der Waals surface area contributed by atoms with E-state index in [-0.39, 0.29) is 18.7 Å². The minimum atomic E-state index is -3.71. The largest absolute Gasteiger partial charge is 0.481 e. The van der Waals surface area contributed by atoms with E-state index >= 15 is 0 Å². The highest BCUT2D eigenvalue weighted by molar-refractivity contribution is 7.92. The molecular weight excluding hydrogens is 249 g/mol. The van der Waals surface area contributed by atoms with Gasteiger partial charge in [0.15, 0.2) is 0 Å². The summed E-state index contributed by atoms with van der Waals surface area (Å²) in [5.74, 6) is -1.85. The number of aliphatic carboxylic acids is 1. The summed E-state index contributed by atoms with van der Waals surface area (Å²) in [6.45, 7) is -0.297. The predicted molar refractivity (Wildman–Crippen MR) is 60.8 cm³/mol. The molecule has 0 aliphatic heterocycles. The lowest BCUT2D eigenvalue weighted by Gasteiger charge is -2.21. The standard InChI is InChI=1S/C10H12FNO4S/c1-17(15,16)12(7-6-10(13)14)9-5-3-2-4-8(9)11/h2-5H,6-7H2,1H3,(H,13,14). The molecule has 0 saturated carbocycles. The molecule has 0 aliphatic carbocycles. The van der Waals surface area contributed by atoms with E-state index in [9.17, 15) is 17.6 Å². The number of hydrogen-bond donors (Lipinski definition) is 1. The molecule has 5 nitrogen and oxygen atoms in total. The van der Waals surface area contributed by atoms with Crippen molar-refractivity contribution in [2.45, 2.75) is 6.42 Å². The number of benzene rings is 1. The number of halogens is 1. The van der Waals surface area contributed by atoms with Gasteiger partial charge in [-0.15, -0.1) is 0 Å². The topological polar surface area (TPSA) is 74.7 Å². The first-order valence-electron chi connectivity index (χ1n) is 4.76. The molecular formula is C10H12FNO4S. The van der Waals surface area contributed by atoms with Crippen LogP contribution in [0.4, 0.5) is 10.1 Å². The molecule has 0 radical (unpaired) electrons. The molecule has 0 aliphatic rings. The molecule has 0 aromatic heterocycles. The van der Waals surface area contributed by atoms with Crippen molar-refractivity contribution in [1.29, 1.82) is 0 Å². The number of anilines is 1.